The molecule has 1 amide bonds. The smallest absolute Gasteiger partial charge is 0.223 e. The van der Waals surface area contributed by atoms with Crippen molar-refractivity contribution in [1.29, 1.82) is 0 Å². The van der Waals surface area contributed by atoms with E-state index in [0.717, 1.165) is 49.4 Å². The maximum atomic E-state index is 12.7. The highest BCUT2D eigenvalue weighted by Gasteiger charge is 2.32. The molecule has 0 saturated carbocycles. The van der Waals surface area contributed by atoms with Crippen molar-refractivity contribution in [3.05, 3.63) is 29.3 Å². The van der Waals surface area contributed by atoms with Crippen LogP contribution in [0.1, 0.15) is 43.2 Å². The largest absolute Gasteiger partial charge is 0.333 e. The average Bonchev–Trinajstić information content (AvgIpc) is 3.31. The summed E-state index contributed by atoms with van der Waals surface area (Å²) in [6.45, 7) is 3.08. The van der Waals surface area contributed by atoms with Gasteiger partial charge in [-0.05, 0) is 56.8 Å². The lowest BCUT2D eigenvalue weighted by Crippen LogP contribution is -2.30. The molecule has 1 aromatic heterocycles. The van der Waals surface area contributed by atoms with Crippen LogP contribution in [0.15, 0.2) is 24.3 Å². The van der Waals surface area contributed by atoms with E-state index in [1.807, 2.05) is 6.07 Å². The van der Waals surface area contributed by atoms with Crippen LogP contribution in [0.25, 0.3) is 10.2 Å². The molecule has 2 saturated heterocycles. The van der Waals surface area contributed by atoms with Gasteiger partial charge < -0.3 is 10.2 Å². The molecule has 1 N–H and O–H groups in total. The van der Waals surface area contributed by atoms with Gasteiger partial charge in [0.05, 0.1) is 16.3 Å². The third-order valence-corrected chi connectivity index (χ3v) is 6.24. The van der Waals surface area contributed by atoms with Crippen LogP contribution in [-0.2, 0) is 4.79 Å². The van der Waals surface area contributed by atoms with Crippen molar-refractivity contribution in [2.45, 2.75) is 38.1 Å². The van der Waals surface area contributed by atoms with E-state index in [1.165, 1.54) is 11.1 Å². The number of aromatic nitrogens is 1. The number of thiazole rings is 1. The summed E-state index contributed by atoms with van der Waals surface area (Å²) in [6.07, 6.45) is 5.07. The zero-order valence-electron chi connectivity index (χ0n) is 13.3. The Bertz CT molecular complexity index is 659. The maximum Gasteiger partial charge on any atom is 0.223 e. The number of hydrogen-bond acceptors (Lipinski definition) is 4. The summed E-state index contributed by atoms with van der Waals surface area (Å²) in [5, 5.41) is 4.49. The number of carbonyl (C=O) groups is 1. The van der Waals surface area contributed by atoms with Crippen molar-refractivity contribution in [3.8, 4) is 0 Å². The van der Waals surface area contributed by atoms with Crippen molar-refractivity contribution in [3.63, 3.8) is 0 Å². The summed E-state index contributed by atoms with van der Waals surface area (Å²) in [5.74, 6) is 1.00. The minimum absolute atomic E-state index is 0.196. The van der Waals surface area contributed by atoms with E-state index < -0.39 is 0 Å². The summed E-state index contributed by atoms with van der Waals surface area (Å²) in [7, 11) is 0. The zero-order chi connectivity index (χ0) is 15.6. The normalized spacial score (nSPS) is 24.6. The van der Waals surface area contributed by atoms with E-state index in [4.69, 9.17) is 4.98 Å². The lowest BCUT2D eigenvalue weighted by Gasteiger charge is -2.23. The van der Waals surface area contributed by atoms with Crippen molar-refractivity contribution in [2.24, 2.45) is 5.92 Å². The first-order valence-electron chi connectivity index (χ1n) is 8.67. The molecule has 0 bridgehead atoms. The van der Waals surface area contributed by atoms with Crippen LogP contribution >= 0.6 is 11.3 Å². The third-order valence-electron chi connectivity index (χ3n) is 5.10. The Labute approximate surface area is 140 Å². The van der Waals surface area contributed by atoms with E-state index >= 15 is 0 Å². The number of fused-ring (bicyclic) bond motifs is 1. The molecule has 122 valence electrons. The highest BCUT2D eigenvalue weighted by atomic mass is 32.1. The number of likely N-dealkylation sites (tertiary alicyclic amines) is 1. The van der Waals surface area contributed by atoms with Crippen LogP contribution in [-0.4, -0.2) is 35.4 Å². The van der Waals surface area contributed by atoms with E-state index in [-0.39, 0.29) is 6.04 Å². The van der Waals surface area contributed by atoms with Crippen LogP contribution in [0.5, 0.6) is 0 Å². The summed E-state index contributed by atoms with van der Waals surface area (Å²) in [4.78, 5) is 19.5. The number of benzene rings is 1. The minimum Gasteiger partial charge on any atom is -0.333 e. The summed E-state index contributed by atoms with van der Waals surface area (Å²) in [5.41, 5.74) is 1.06. The molecule has 0 radical (unpaired) electrons. The SMILES string of the molecule is O=C(CCC1CCNC1)N1CCCC1c1nc2ccccc2s1. The highest BCUT2D eigenvalue weighted by Crippen LogP contribution is 2.37. The first-order chi connectivity index (χ1) is 11.3. The molecule has 2 aliphatic rings. The minimum atomic E-state index is 0.196. The van der Waals surface area contributed by atoms with Crippen molar-refractivity contribution in [2.75, 3.05) is 19.6 Å². The van der Waals surface area contributed by atoms with Gasteiger partial charge in [0, 0.05) is 13.0 Å². The Morgan fingerprint density at radius 2 is 2.26 bits per heavy atom. The van der Waals surface area contributed by atoms with E-state index in [9.17, 15) is 4.79 Å². The van der Waals surface area contributed by atoms with Crippen LogP contribution < -0.4 is 5.32 Å². The Morgan fingerprint density at radius 1 is 1.35 bits per heavy atom. The molecule has 2 unspecified atom stereocenters. The fourth-order valence-electron chi connectivity index (χ4n) is 3.79. The number of nitrogens with zero attached hydrogens (tertiary/aromatic N) is 2. The van der Waals surface area contributed by atoms with Crippen LogP contribution in [0, 0.1) is 5.92 Å². The molecular weight excluding hydrogens is 306 g/mol. The van der Waals surface area contributed by atoms with E-state index in [2.05, 4.69) is 28.4 Å². The van der Waals surface area contributed by atoms with Crippen LogP contribution in [0.2, 0.25) is 0 Å². The number of rotatable bonds is 4. The second-order valence-corrected chi connectivity index (χ2v) is 7.72. The highest BCUT2D eigenvalue weighted by molar-refractivity contribution is 7.18. The standard InChI is InChI=1S/C18H23N3OS/c22-17(8-7-13-9-10-19-12-13)21-11-3-5-15(21)18-20-14-4-1-2-6-16(14)23-18/h1-2,4,6,13,15,19H,3,5,7-12H2. The zero-order valence-corrected chi connectivity index (χ0v) is 14.1. The molecule has 2 fully saturated rings. The Hall–Kier alpha value is -1.46. The number of amides is 1. The number of nitrogens with one attached hydrogen (secondary N) is 1. The molecule has 4 nitrogen and oxygen atoms in total. The molecule has 2 aromatic rings. The molecule has 23 heavy (non-hydrogen) atoms. The quantitative estimate of drug-likeness (QED) is 0.935. The Morgan fingerprint density at radius 3 is 3.09 bits per heavy atom. The third kappa shape index (κ3) is 3.12. The molecule has 0 spiro atoms. The Kier molecular flexibility index (Phi) is 4.31. The maximum absolute atomic E-state index is 12.7. The summed E-state index contributed by atoms with van der Waals surface area (Å²) < 4.78 is 1.22. The predicted molar refractivity (Wildman–Crippen MR) is 93.5 cm³/mol. The summed E-state index contributed by atoms with van der Waals surface area (Å²) in [6, 6.07) is 8.45. The molecule has 5 heteroatoms. The van der Waals surface area contributed by atoms with Crippen LogP contribution in [0.4, 0.5) is 0 Å². The number of para-hydroxylation sites is 1. The monoisotopic (exact) mass is 329 g/mol. The number of hydrogen-bond donors (Lipinski definition) is 1. The first kappa shape index (κ1) is 15.1. The average molecular weight is 329 g/mol. The van der Waals surface area contributed by atoms with Gasteiger partial charge in [0.15, 0.2) is 0 Å². The van der Waals surface area contributed by atoms with Gasteiger partial charge in [-0.15, -0.1) is 11.3 Å². The molecular formula is C18H23N3OS. The summed E-state index contributed by atoms with van der Waals surface area (Å²) >= 11 is 1.74. The fourth-order valence-corrected chi connectivity index (χ4v) is 4.90. The second-order valence-electron chi connectivity index (χ2n) is 6.66. The molecule has 2 aliphatic heterocycles. The van der Waals surface area contributed by atoms with Crippen LogP contribution in [0.3, 0.4) is 0 Å². The molecule has 4 rings (SSSR count). The Balaban J connectivity index is 1.46. The van der Waals surface area contributed by atoms with Gasteiger partial charge in [0.2, 0.25) is 5.91 Å². The van der Waals surface area contributed by atoms with Gasteiger partial charge in [-0.1, -0.05) is 12.1 Å². The van der Waals surface area contributed by atoms with E-state index in [1.54, 1.807) is 11.3 Å². The van der Waals surface area contributed by atoms with Crippen molar-refractivity contribution >= 4 is 27.5 Å². The second kappa shape index (κ2) is 6.57. The predicted octanol–water partition coefficient (Wildman–Crippen LogP) is 3.35. The van der Waals surface area contributed by atoms with Gasteiger partial charge in [-0.3, -0.25) is 4.79 Å². The first-order valence-corrected chi connectivity index (χ1v) is 9.48. The van der Waals surface area contributed by atoms with Crippen molar-refractivity contribution in [1.82, 2.24) is 15.2 Å². The lowest BCUT2D eigenvalue weighted by molar-refractivity contribution is -0.132. The van der Waals surface area contributed by atoms with Gasteiger partial charge in [0.25, 0.3) is 0 Å². The molecule has 1 aromatic carbocycles. The molecule has 2 atom stereocenters. The van der Waals surface area contributed by atoms with Gasteiger partial charge in [-0.25, -0.2) is 4.98 Å². The molecule has 3 heterocycles. The van der Waals surface area contributed by atoms with Gasteiger partial charge in [0.1, 0.15) is 5.01 Å². The van der Waals surface area contributed by atoms with Gasteiger partial charge in [-0.2, -0.15) is 0 Å². The fraction of sp³-hybridized carbons (Fsp3) is 0.556. The topological polar surface area (TPSA) is 45.2 Å². The number of carbonyl (C=O) groups excluding carboxylic acids is 1. The van der Waals surface area contributed by atoms with Gasteiger partial charge >= 0.3 is 0 Å². The molecule has 0 aliphatic carbocycles. The lowest BCUT2D eigenvalue weighted by atomic mass is 10.0. The van der Waals surface area contributed by atoms with E-state index in [0.29, 0.717) is 18.2 Å². The van der Waals surface area contributed by atoms with Crippen molar-refractivity contribution < 1.29 is 4.79 Å².